The monoisotopic (exact) mass is 297 g/mol. The Balaban J connectivity index is 2.29. The first-order chi connectivity index (χ1) is 9.51. The van der Waals surface area contributed by atoms with Gasteiger partial charge in [0.1, 0.15) is 5.75 Å². The molecule has 1 aromatic rings. The number of nitrogens with one attached hydrogen (secondary N) is 1. The van der Waals surface area contributed by atoms with Gasteiger partial charge in [0.05, 0.1) is 13.0 Å². The minimum atomic E-state index is -0.0102. The van der Waals surface area contributed by atoms with E-state index >= 15 is 0 Å². The molecular weight excluding hydrogens is 274 g/mol. The lowest BCUT2D eigenvalue weighted by molar-refractivity contribution is -0.122. The van der Waals surface area contributed by atoms with Gasteiger partial charge in [0.15, 0.2) is 0 Å². The number of carbonyl (C=O) groups excluding carboxylic acids is 1. The van der Waals surface area contributed by atoms with Gasteiger partial charge < -0.3 is 10.1 Å². The van der Waals surface area contributed by atoms with Crippen LogP contribution in [0.3, 0.4) is 0 Å². The van der Waals surface area contributed by atoms with E-state index in [4.69, 9.17) is 16.3 Å². The Kier molecular flexibility index (Phi) is 7.45. The van der Waals surface area contributed by atoms with Crippen LogP contribution in [0.1, 0.15) is 32.3 Å². The number of alkyl halides is 1. The molecule has 0 aliphatic carbocycles. The maximum absolute atomic E-state index is 11.8. The summed E-state index contributed by atoms with van der Waals surface area (Å²) in [6.45, 7) is 6.63. The third-order valence-electron chi connectivity index (χ3n) is 2.89. The van der Waals surface area contributed by atoms with Gasteiger partial charge in [0.25, 0.3) is 0 Å². The predicted octanol–water partition coefficient (Wildman–Crippen LogP) is 3.53. The van der Waals surface area contributed by atoms with Crippen molar-refractivity contribution >= 4 is 17.5 Å². The van der Waals surface area contributed by atoms with E-state index in [0.717, 1.165) is 17.7 Å². The van der Waals surface area contributed by atoms with E-state index in [1.54, 1.807) is 0 Å². The Bertz CT molecular complexity index is 421. The molecule has 0 saturated carbocycles. The lowest BCUT2D eigenvalue weighted by atomic mass is 10.1. The van der Waals surface area contributed by atoms with Crippen LogP contribution in [0, 0.1) is 12.8 Å². The number of rotatable bonds is 8. The van der Waals surface area contributed by atoms with Crippen molar-refractivity contribution < 1.29 is 9.53 Å². The summed E-state index contributed by atoms with van der Waals surface area (Å²) in [5, 5.41) is 2.94. The number of carbonyl (C=O) groups is 1. The fraction of sp³-hybridized carbons (Fsp3) is 0.562. The highest BCUT2D eigenvalue weighted by Crippen LogP contribution is 2.12. The first-order valence-corrected chi connectivity index (χ1v) is 7.59. The summed E-state index contributed by atoms with van der Waals surface area (Å²) in [5.41, 5.74) is 1.14. The van der Waals surface area contributed by atoms with Gasteiger partial charge >= 0.3 is 0 Å². The van der Waals surface area contributed by atoms with E-state index in [1.807, 2.05) is 31.2 Å². The molecular formula is C16H24ClNO2. The topological polar surface area (TPSA) is 38.3 Å². The van der Waals surface area contributed by atoms with Crippen LogP contribution in [-0.4, -0.2) is 24.4 Å². The largest absolute Gasteiger partial charge is 0.493 e. The second-order valence-electron chi connectivity index (χ2n) is 5.46. The standard InChI is InChI=1S/C16H24ClNO2/c1-12(2)9-14(11-17)18-16(19)7-8-20-15-6-4-5-13(3)10-15/h4-6,10,12,14H,7-9,11H2,1-3H3,(H,18,19). The zero-order valence-electron chi connectivity index (χ0n) is 12.5. The fourth-order valence-electron chi connectivity index (χ4n) is 2.00. The molecule has 20 heavy (non-hydrogen) atoms. The van der Waals surface area contributed by atoms with Crippen LogP contribution in [-0.2, 0) is 4.79 Å². The molecule has 0 aromatic heterocycles. The van der Waals surface area contributed by atoms with E-state index in [-0.39, 0.29) is 11.9 Å². The number of halogens is 1. The first kappa shape index (κ1) is 16.8. The molecule has 1 unspecified atom stereocenters. The highest BCUT2D eigenvalue weighted by atomic mass is 35.5. The number of aryl methyl sites for hydroxylation is 1. The molecule has 1 aromatic carbocycles. The minimum Gasteiger partial charge on any atom is -0.493 e. The second-order valence-corrected chi connectivity index (χ2v) is 5.77. The molecule has 1 N–H and O–H groups in total. The Morgan fingerprint density at radius 2 is 2.15 bits per heavy atom. The summed E-state index contributed by atoms with van der Waals surface area (Å²) in [6, 6.07) is 7.85. The number of amides is 1. The third kappa shape index (κ3) is 6.80. The van der Waals surface area contributed by atoms with Crippen molar-refractivity contribution in [3.63, 3.8) is 0 Å². The van der Waals surface area contributed by atoms with Gasteiger partial charge in [-0.1, -0.05) is 26.0 Å². The van der Waals surface area contributed by atoms with Gasteiger partial charge in [-0.05, 0) is 37.0 Å². The van der Waals surface area contributed by atoms with Crippen LogP contribution in [0.25, 0.3) is 0 Å². The predicted molar refractivity (Wildman–Crippen MR) is 83.4 cm³/mol. The summed E-state index contributed by atoms with van der Waals surface area (Å²) in [7, 11) is 0. The van der Waals surface area contributed by atoms with Crippen LogP contribution in [0.4, 0.5) is 0 Å². The molecule has 3 nitrogen and oxygen atoms in total. The highest BCUT2D eigenvalue weighted by Gasteiger charge is 2.12. The SMILES string of the molecule is Cc1cccc(OCCC(=O)NC(CCl)CC(C)C)c1. The maximum atomic E-state index is 11.8. The first-order valence-electron chi connectivity index (χ1n) is 7.06. The summed E-state index contributed by atoms with van der Waals surface area (Å²) in [6.07, 6.45) is 1.24. The minimum absolute atomic E-state index is 0.0102. The average molecular weight is 298 g/mol. The molecule has 4 heteroatoms. The smallest absolute Gasteiger partial charge is 0.223 e. The van der Waals surface area contributed by atoms with Gasteiger partial charge in [0, 0.05) is 11.9 Å². The normalized spacial score (nSPS) is 12.2. The van der Waals surface area contributed by atoms with Crippen LogP contribution in [0.15, 0.2) is 24.3 Å². The molecule has 0 radical (unpaired) electrons. The highest BCUT2D eigenvalue weighted by molar-refractivity contribution is 6.18. The quantitative estimate of drug-likeness (QED) is 0.745. The van der Waals surface area contributed by atoms with Crippen LogP contribution in [0.5, 0.6) is 5.75 Å². The molecule has 1 rings (SSSR count). The summed E-state index contributed by atoms with van der Waals surface area (Å²) in [5.74, 6) is 1.75. The van der Waals surface area contributed by atoms with Crippen LogP contribution >= 0.6 is 11.6 Å². The zero-order valence-corrected chi connectivity index (χ0v) is 13.2. The third-order valence-corrected chi connectivity index (χ3v) is 3.27. The van der Waals surface area contributed by atoms with Crippen LogP contribution < -0.4 is 10.1 Å². The Morgan fingerprint density at radius 1 is 1.40 bits per heavy atom. The molecule has 0 fully saturated rings. The molecule has 112 valence electrons. The van der Waals surface area contributed by atoms with Crippen molar-refractivity contribution in [2.24, 2.45) is 5.92 Å². The molecule has 1 amide bonds. The second kappa shape index (κ2) is 8.85. The zero-order chi connectivity index (χ0) is 15.0. The van der Waals surface area contributed by atoms with E-state index in [2.05, 4.69) is 19.2 Å². The van der Waals surface area contributed by atoms with E-state index < -0.39 is 0 Å². The summed E-state index contributed by atoms with van der Waals surface area (Å²) < 4.78 is 5.56. The summed E-state index contributed by atoms with van der Waals surface area (Å²) >= 11 is 5.86. The lowest BCUT2D eigenvalue weighted by Crippen LogP contribution is -2.37. The number of ether oxygens (including phenoxy) is 1. The van der Waals surface area contributed by atoms with Crippen molar-refractivity contribution in [1.29, 1.82) is 0 Å². The molecule has 0 saturated heterocycles. The molecule has 1 atom stereocenters. The summed E-state index contributed by atoms with van der Waals surface area (Å²) in [4.78, 5) is 11.8. The average Bonchev–Trinajstić information content (AvgIpc) is 2.37. The van der Waals surface area contributed by atoms with Crippen molar-refractivity contribution in [1.82, 2.24) is 5.32 Å². The molecule has 0 bridgehead atoms. The number of hydrogen-bond donors (Lipinski definition) is 1. The molecule has 0 aliphatic rings. The molecule has 0 heterocycles. The van der Waals surface area contributed by atoms with E-state index in [0.29, 0.717) is 24.8 Å². The van der Waals surface area contributed by atoms with Crippen molar-refractivity contribution in [3.05, 3.63) is 29.8 Å². The van der Waals surface area contributed by atoms with Gasteiger partial charge in [0.2, 0.25) is 5.91 Å². The van der Waals surface area contributed by atoms with Gasteiger partial charge in [-0.2, -0.15) is 0 Å². The Morgan fingerprint density at radius 3 is 2.75 bits per heavy atom. The molecule has 0 spiro atoms. The Hall–Kier alpha value is -1.22. The fourth-order valence-corrected chi connectivity index (χ4v) is 2.20. The number of benzene rings is 1. The lowest BCUT2D eigenvalue weighted by Gasteiger charge is -2.18. The number of hydrogen-bond acceptors (Lipinski definition) is 2. The van der Waals surface area contributed by atoms with E-state index in [9.17, 15) is 4.79 Å². The van der Waals surface area contributed by atoms with Crippen LogP contribution in [0.2, 0.25) is 0 Å². The van der Waals surface area contributed by atoms with Gasteiger partial charge in [-0.3, -0.25) is 4.79 Å². The molecule has 0 aliphatic heterocycles. The van der Waals surface area contributed by atoms with Crippen molar-refractivity contribution in [2.45, 2.75) is 39.7 Å². The van der Waals surface area contributed by atoms with Crippen molar-refractivity contribution in [2.75, 3.05) is 12.5 Å². The van der Waals surface area contributed by atoms with E-state index in [1.165, 1.54) is 0 Å². The van der Waals surface area contributed by atoms with Crippen molar-refractivity contribution in [3.8, 4) is 5.75 Å². The van der Waals surface area contributed by atoms with Gasteiger partial charge in [-0.25, -0.2) is 0 Å². The maximum Gasteiger partial charge on any atom is 0.223 e. The Labute approximate surface area is 126 Å². The van der Waals surface area contributed by atoms with Gasteiger partial charge in [-0.15, -0.1) is 11.6 Å².